The first-order valence-electron chi connectivity index (χ1n) is 8.69. The van der Waals surface area contributed by atoms with Gasteiger partial charge in [0.15, 0.2) is 0 Å². The Hall–Kier alpha value is -2.57. The number of aromatic nitrogens is 1. The van der Waals surface area contributed by atoms with E-state index in [1.807, 2.05) is 53.8 Å². The SMILES string of the molecule is Cc1ncc(C2CCOCC2)cc1NN1C=CN(c2ccccc2)N1. The van der Waals surface area contributed by atoms with E-state index in [1.165, 1.54) is 5.56 Å². The van der Waals surface area contributed by atoms with E-state index >= 15 is 0 Å². The van der Waals surface area contributed by atoms with Crippen LogP contribution < -0.4 is 16.0 Å². The molecule has 0 radical (unpaired) electrons. The van der Waals surface area contributed by atoms with Crippen molar-refractivity contribution >= 4 is 11.4 Å². The zero-order chi connectivity index (χ0) is 17.1. The van der Waals surface area contributed by atoms with Crippen molar-refractivity contribution in [1.82, 2.24) is 15.6 Å². The lowest BCUT2D eigenvalue weighted by molar-refractivity contribution is 0.0853. The van der Waals surface area contributed by atoms with Gasteiger partial charge in [0, 0.05) is 25.6 Å². The molecule has 4 rings (SSSR count). The molecule has 1 fully saturated rings. The van der Waals surface area contributed by atoms with E-state index in [2.05, 4.69) is 34.1 Å². The summed E-state index contributed by atoms with van der Waals surface area (Å²) in [5.74, 6) is 0.533. The second-order valence-electron chi connectivity index (χ2n) is 6.37. The number of anilines is 2. The molecular weight excluding hydrogens is 314 g/mol. The third-order valence-electron chi connectivity index (χ3n) is 4.66. The maximum atomic E-state index is 5.47. The highest BCUT2D eigenvalue weighted by Gasteiger charge is 2.19. The Kier molecular flexibility index (Phi) is 4.54. The fraction of sp³-hybridized carbons (Fsp3) is 0.316. The third-order valence-corrected chi connectivity index (χ3v) is 4.66. The van der Waals surface area contributed by atoms with E-state index in [9.17, 15) is 0 Å². The molecule has 1 aromatic heterocycles. The average Bonchev–Trinajstić information content (AvgIpc) is 3.14. The molecule has 2 N–H and O–H groups in total. The number of nitrogens with one attached hydrogen (secondary N) is 2. The summed E-state index contributed by atoms with van der Waals surface area (Å²) >= 11 is 0. The Morgan fingerprint density at radius 1 is 1.16 bits per heavy atom. The number of hydrazine groups is 3. The van der Waals surface area contributed by atoms with Crippen molar-refractivity contribution in [2.45, 2.75) is 25.7 Å². The highest BCUT2D eigenvalue weighted by molar-refractivity contribution is 5.51. The number of rotatable bonds is 4. The highest BCUT2D eigenvalue weighted by Crippen LogP contribution is 2.29. The molecule has 0 spiro atoms. The van der Waals surface area contributed by atoms with Crippen molar-refractivity contribution in [2.24, 2.45) is 0 Å². The van der Waals surface area contributed by atoms with Crippen LogP contribution in [0.5, 0.6) is 0 Å². The Morgan fingerprint density at radius 2 is 1.96 bits per heavy atom. The van der Waals surface area contributed by atoms with Crippen molar-refractivity contribution in [1.29, 1.82) is 0 Å². The van der Waals surface area contributed by atoms with E-state index in [0.717, 1.165) is 43.1 Å². The van der Waals surface area contributed by atoms with E-state index in [-0.39, 0.29) is 0 Å². The number of nitrogens with zero attached hydrogens (tertiary/aromatic N) is 3. The van der Waals surface area contributed by atoms with Crippen LogP contribution in [0.3, 0.4) is 0 Å². The lowest BCUT2D eigenvalue weighted by Gasteiger charge is -2.26. The quantitative estimate of drug-likeness (QED) is 0.893. The molecule has 6 nitrogen and oxygen atoms in total. The van der Waals surface area contributed by atoms with Crippen LogP contribution in [0.4, 0.5) is 11.4 Å². The molecule has 0 atom stereocenters. The first-order valence-corrected chi connectivity index (χ1v) is 8.69. The van der Waals surface area contributed by atoms with Crippen LogP contribution in [0.1, 0.15) is 30.0 Å². The number of para-hydroxylation sites is 1. The minimum Gasteiger partial charge on any atom is -0.381 e. The van der Waals surface area contributed by atoms with Crippen molar-refractivity contribution in [3.8, 4) is 0 Å². The van der Waals surface area contributed by atoms with Crippen molar-refractivity contribution in [2.75, 3.05) is 23.6 Å². The molecule has 0 saturated carbocycles. The number of hydrogen-bond acceptors (Lipinski definition) is 6. The van der Waals surface area contributed by atoms with E-state index in [1.54, 1.807) is 0 Å². The molecule has 2 aromatic rings. The Labute approximate surface area is 148 Å². The van der Waals surface area contributed by atoms with Crippen molar-refractivity contribution in [3.05, 3.63) is 66.3 Å². The van der Waals surface area contributed by atoms with Crippen LogP contribution in [0, 0.1) is 6.92 Å². The van der Waals surface area contributed by atoms with Crippen LogP contribution in [-0.4, -0.2) is 23.3 Å². The lowest BCUT2D eigenvalue weighted by Crippen LogP contribution is -2.42. The van der Waals surface area contributed by atoms with Gasteiger partial charge in [0.1, 0.15) is 0 Å². The summed E-state index contributed by atoms with van der Waals surface area (Å²) in [5.41, 5.74) is 11.0. The first kappa shape index (κ1) is 15.9. The topological polar surface area (TPSA) is 52.7 Å². The van der Waals surface area contributed by atoms with E-state index < -0.39 is 0 Å². The molecule has 0 aliphatic carbocycles. The van der Waals surface area contributed by atoms with Gasteiger partial charge in [-0.2, -0.15) is 0 Å². The standard InChI is InChI=1S/C19H23N5O/c1-15-19(13-17(14-20-15)16-7-11-25-12-8-16)21-24-10-9-23(22-24)18-5-3-2-4-6-18/h2-6,9-10,13-14,16,21-22H,7-8,11-12H2,1H3. The Morgan fingerprint density at radius 3 is 2.76 bits per heavy atom. The van der Waals surface area contributed by atoms with Gasteiger partial charge in [-0.05, 0) is 49.4 Å². The molecule has 1 saturated heterocycles. The van der Waals surface area contributed by atoms with E-state index in [0.29, 0.717) is 5.92 Å². The molecule has 2 aliphatic rings. The summed E-state index contributed by atoms with van der Waals surface area (Å²) in [6.07, 6.45) is 8.06. The number of benzene rings is 1. The van der Waals surface area contributed by atoms with Gasteiger partial charge in [0.25, 0.3) is 0 Å². The maximum Gasteiger partial charge on any atom is 0.0772 e. The fourth-order valence-corrected chi connectivity index (χ4v) is 3.16. The summed E-state index contributed by atoms with van der Waals surface area (Å²) < 4.78 is 5.47. The summed E-state index contributed by atoms with van der Waals surface area (Å²) in [7, 11) is 0. The van der Waals surface area contributed by atoms with Gasteiger partial charge in [0.05, 0.1) is 23.3 Å². The molecule has 0 unspecified atom stereocenters. The molecule has 2 aliphatic heterocycles. The van der Waals surface area contributed by atoms with Gasteiger partial charge >= 0.3 is 0 Å². The van der Waals surface area contributed by atoms with Gasteiger partial charge in [-0.25, -0.2) is 5.12 Å². The Balaban J connectivity index is 1.45. The normalized spacial score (nSPS) is 18.0. The van der Waals surface area contributed by atoms with Crippen molar-refractivity contribution in [3.63, 3.8) is 0 Å². The molecule has 3 heterocycles. The second kappa shape index (κ2) is 7.13. The van der Waals surface area contributed by atoms with Gasteiger partial charge in [0.2, 0.25) is 0 Å². The monoisotopic (exact) mass is 337 g/mol. The smallest absolute Gasteiger partial charge is 0.0772 e. The van der Waals surface area contributed by atoms with E-state index in [4.69, 9.17) is 4.74 Å². The van der Waals surface area contributed by atoms with Gasteiger partial charge < -0.3 is 4.74 Å². The van der Waals surface area contributed by atoms with Crippen LogP contribution in [-0.2, 0) is 4.74 Å². The number of pyridine rings is 1. The fourth-order valence-electron chi connectivity index (χ4n) is 3.16. The van der Waals surface area contributed by atoms with Gasteiger partial charge in [-0.3, -0.25) is 15.4 Å². The van der Waals surface area contributed by atoms with Crippen molar-refractivity contribution < 1.29 is 4.74 Å². The minimum absolute atomic E-state index is 0.533. The second-order valence-corrected chi connectivity index (χ2v) is 6.37. The predicted molar refractivity (Wildman–Crippen MR) is 98.4 cm³/mol. The summed E-state index contributed by atoms with van der Waals surface area (Å²) in [6, 6.07) is 12.4. The highest BCUT2D eigenvalue weighted by atomic mass is 16.5. The Bertz CT molecular complexity index is 743. The predicted octanol–water partition coefficient (Wildman–Crippen LogP) is 3.32. The zero-order valence-electron chi connectivity index (χ0n) is 14.4. The van der Waals surface area contributed by atoms with Gasteiger partial charge in [-0.15, -0.1) is 5.53 Å². The number of aryl methyl sites for hydroxylation is 1. The van der Waals surface area contributed by atoms with Crippen LogP contribution in [0.15, 0.2) is 55.0 Å². The lowest BCUT2D eigenvalue weighted by atomic mass is 9.92. The molecular formula is C19H23N5O. The third kappa shape index (κ3) is 3.60. The number of hydrogen-bond donors (Lipinski definition) is 2. The summed E-state index contributed by atoms with van der Waals surface area (Å²) in [4.78, 5) is 4.58. The minimum atomic E-state index is 0.533. The summed E-state index contributed by atoms with van der Waals surface area (Å²) in [6.45, 7) is 3.69. The van der Waals surface area contributed by atoms with Crippen LogP contribution >= 0.6 is 0 Å². The number of ether oxygens (including phenoxy) is 1. The average molecular weight is 337 g/mol. The molecule has 25 heavy (non-hydrogen) atoms. The first-order chi connectivity index (χ1) is 12.3. The summed E-state index contributed by atoms with van der Waals surface area (Å²) in [5, 5.41) is 3.79. The van der Waals surface area contributed by atoms with Crippen LogP contribution in [0.25, 0.3) is 0 Å². The molecule has 0 amide bonds. The zero-order valence-corrected chi connectivity index (χ0v) is 14.4. The molecule has 0 bridgehead atoms. The van der Waals surface area contributed by atoms with Crippen LogP contribution in [0.2, 0.25) is 0 Å². The van der Waals surface area contributed by atoms with Gasteiger partial charge in [-0.1, -0.05) is 18.2 Å². The molecule has 130 valence electrons. The largest absolute Gasteiger partial charge is 0.381 e. The molecule has 6 heteroatoms. The molecule has 1 aromatic carbocycles. The maximum absolute atomic E-state index is 5.47.